The first kappa shape index (κ1) is 15.1. The molecule has 0 aromatic carbocycles. The number of hydrogen-bond donors (Lipinski definition) is 3. The molecule has 8 heteroatoms. The van der Waals surface area contributed by atoms with Gasteiger partial charge in [0.25, 0.3) is 0 Å². The highest BCUT2D eigenvalue weighted by molar-refractivity contribution is 7.79. The molecule has 0 aromatic heterocycles. The molecule has 1 saturated heterocycles. The molecular formula is C8H19N3O4S. The van der Waals surface area contributed by atoms with Crippen molar-refractivity contribution in [2.45, 2.75) is 25.7 Å². The standard InChI is InChI=1S/C8H17N3.H2O4S/c1-10-8(9)11-6-4-2-3-5-7-11;1-5(2,3)4/h2-7H2,1H3,(H2,9,10);(H2,1,2,3,4). The summed E-state index contributed by atoms with van der Waals surface area (Å²) in [6.45, 7) is 2.17. The minimum Gasteiger partial charge on any atom is -0.370 e. The molecule has 16 heavy (non-hydrogen) atoms. The van der Waals surface area contributed by atoms with E-state index < -0.39 is 10.4 Å². The van der Waals surface area contributed by atoms with E-state index >= 15 is 0 Å². The van der Waals surface area contributed by atoms with Crippen molar-refractivity contribution < 1.29 is 17.5 Å². The summed E-state index contributed by atoms with van der Waals surface area (Å²) in [5, 5.41) is 0. The van der Waals surface area contributed by atoms with Gasteiger partial charge >= 0.3 is 10.4 Å². The third-order valence-electron chi connectivity index (χ3n) is 2.16. The van der Waals surface area contributed by atoms with Crippen LogP contribution in [0.5, 0.6) is 0 Å². The predicted octanol–water partition coefficient (Wildman–Crippen LogP) is 0.154. The van der Waals surface area contributed by atoms with Crippen molar-refractivity contribution in [3.05, 3.63) is 0 Å². The molecule has 0 radical (unpaired) electrons. The van der Waals surface area contributed by atoms with Crippen LogP contribution in [0, 0.1) is 0 Å². The maximum absolute atomic E-state index is 8.74. The molecule has 96 valence electrons. The van der Waals surface area contributed by atoms with Gasteiger partial charge in [0.15, 0.2) is 5.96 Å². The van der Waals surface area contributed by atoms with Crippen LogP contribution in [0.4, 0.5) is 0 Å². The Morgan fingerprint density at radius 3 is 1.88 bits per heavy atom. The lowest BCUT2D eigenvalue weighted by atomic mass is 10.2. The number of nitrogens with zero attached hydrogens (tertiary/aromatic N) is 2. The van der Waals surface area contributed by atoms with E-state index in [1.165, 1.54) is 25.7 Å². The Labute approximate surface area is 95.9 Å². The molecule has 0 amide bonds. The maximum Gasteiger partial charge on any atom is 0.394 e. The molecule has 0 bridgehead atoms. The number of aliphatic imine (C=N–C) groups is 1. The number of hydrogen-bond acceptors (Lipinski definition) is 3. The molecule has 1 heterocycles. The van der Waals surface area contributed by atoms with Crippen LogP contribution in [-0.4, -0.2) is 48.5 Å². The predicted molar refractivity (Wildman–Crippen MR) is 61.8 cm³/mol. The van der Waals surface area contributed by atoms with Crippen LogP contribution >= 0.6 is 0 Å². The summed E-state index contributed by atoms with van der Waals surface area (Å²) in [4.78, 5) is 6.15. The van der Waals surface area contributed by atoms with Gasteiger partial charge < -0.3 is 10.6 Å². The highest BCUT2D eigenvalue weighted by Gasteiger charge is 2.09. The number of likely N-dealkylation sites (tertiary alicyclic amines) is 1. The minimum atomic E-state index is -4.67. The first-order chi connectivity index (χ1) is 7.34. The van der Waals surface area contributed by atoms with Gasteiger partial charge in [-0.25, -0.2) is 0 Å². The largest absolute Gasteiger partial charge is 0.394 e. The summed E-state index contributed by atoms with van der Waals surface area (Å²) in [6.07, 6.45) is 5.20. The first-order valence-corrected chi connectivity index (χ1v) is 6.41. The van der Waals surface area contributed by atoms with Crippen LogP contribution in [0.15, 0.2) is 4.99 Å². The van der Waals surface area contributed by atoms with Crippen LogP contribution in [0.1, 0.15) is 25.7 Å². The van der Waals surface area contributed by atoms with Crippen molar-refractivity contribution in [3.8, 4) is 0 Å². The highest BCUT2D eigenvalue weighted by atomic mass is 32.3. The van der Waals surface area contributed by atoms with E-state index in [1.54, 1.807) is 7.05 Å². The molecule has 0 unspecified atom stereocenters. The van der Waals surface area contributed by atoms with Crippen molar-refractivity contribution in [2.75, 3.05) is 20.1 Å². The summed E-state index contributed by atoms with van der Waals surface area (Å²) in [7, 11) is -2.92. The molecule has 0 atom stereocenters. The summed E-state index contributed by atoms with van der Waals surface area (Å²) in [5.74, 6) is 0.701. The quantitative estimate of drug-likeness (QED) is 0.321. The fourth-order valence-electron chi connectivity index (χ4n) is 1.44. The lowest BCUT2D eigenvalue weighted by Gasteiger charge is -2.20. The summed E-state index contributed by atoms with van der Waals surface area (Å²) < 4.78 is 31.6. The Morgan fingerprint density at radius 1 is 1.19 bits per heavy atom. The highest BCUT2D eigenvalue weighted by Crippen LogP contribution is 2.08. The van der Waals surface area contributed by atoms with Crippen molar-refractivity contribution in [2.24, 2.45) is 10.7 Å². The smallest absolute Gasteiger partial charge is 0.370 e. The third-order valence-corrected chi connectivity index (χ3v) is 2.16. The summed E-state index contributed by atoms with van der Waals surface area (Å²) in [5.41, 5.74) is 5.69. The van der Waals surface area contributed by atoms with Crippen LogP contribution < -0.4 is 5.73 Å². The molecule has 1 rings (SSSR count). The molecule has 0 aliphatic carbocycles. The van der Waals surface area contributed by atoms with Gasteiger partial charge in [-0.3, -0.25) is 14.1 Å². The van der Waals surface area contributed by atoms with Crippen molar-refractivity contribution in [1.29, 1.82) is 0 Å². The van der Waals surface area contributed by atoms with E-state index in [9.17, 15) is 0 Å². The van der Waals surface area contributed by atoms with Gasteiger partial charge in [-0.2, -0.15) is 8.42 Å². The normalized spacial score (nSPS) is 18.4. The zero-order chi connectivity index (χ0) is 12.6. The molecule has 4 N–H and O–H groups in total. The zero-order valence-electron chi connectivity index (χ0n) is 9.33. The number of rotatable bonds is 0. The average molecular weight is 253 g/mol. The Hall–Kier alpha value is -0.860. The van der Waals surface area contributed by atoms with Gasteiger partial charge in [0, 0.05) is 20.1 Å². The fraction of sp³-hybridized carbons (Fsp3) is 0.875. The second-order valence-corrected chi connectivity index (χ2v) is 4.33. The van der Waals surface area contributed by atoms with Crippen molar-refractivity contribution >= 4 is 16.4 Å². The molecule has 0 saturated carbocycles. The van der Waals surface area contributed by atoms with Crippen molar-refractivity contribution in [1.82, 2.24) is 4.90 Å². The van der Waals surface area contributed by atoms with Gasteiger partial charge in [0.05, 0.1) is 0 Å². The topological polar surface area (TPSA) is 116 Å². The summed E-state index contributed by atoms with van der Waals surface area (Å²) >= 11 is 0. The minimum absolute atomic E-state index is 0.701. The monoisotopic (exact) mass is 253 g/mol. The Bertz CT molecular complexity index is 299. The average Bonchev–Trinajstić information content (AvgIpc) is 2.42. The Morgan fingerprint density at radius 2 is 1.56 bits per heavy atom. The Balaban J connectivity index is 0.000000385. The first-order valence-electron chi connectivity index (χ1n) is 5.01. The van der Waals surface area contributed by atoms with Crippen LogP contribution in [0.25, 0.3) is 0 Å². The maximum atomic E-state index is 8.74. The van der Waals surface area contributed by atoms with E-state index in [1.807, 2.05) is 0 Å². The van der Waals surface area contributed by atoms with Crippen LogP contribution in [0.3, 0.4) is 0 Å². The lowest BCUT2D eigenvalue weighted by Crippen LogP contribution is -2.37. The molecule has 1 fully saturated rings. The van der Waals surface area contributed by atoms with Gasteiger partial charge in [-0.15, -0.1) is 0 Å². The molecule has 0 aromatic rings. The van der Waals surface area contributed by atoms with Gasteiger partial charge in [-0.05, 0) is 12.8 Å². The van der Waals surface area contributed by atoms with Crippen LogP contribution in [0.2, 0.25) is 0 Å². The van der Waals surface area contributed by atoms with Crippen molar-refractivity contribution in [3.63, 3.8) is 0 Å². The Kier molecular flexibility index (Phi) is 7.02. The number of guanidine groups is 1. The van der Waals surface area contributed by atoms with Gasteiger partial charge in [-0.1, -0.05) is 12.8 Å². The second-order valence-electron chi connectivity index (χ2n) is 3.43. The second kappa shape index (κ2) is 7.42. The lowest BCUT2D eigenvalue weighted by molar-refractivity contribution is 0.381. The zero-order valence-corrected chi connectivity index (χ0v) is 10.2. The third kappa shape index (κ3) is 9.69. The molecule has 1 aliphatic rings. The van der Waals surface area contributed by atoms with E-state index in [4.69, 9.17) is 23.3 Å². The molecular weight excluding hydrogens is 234 g/mol. The molecule has 7 nitrogen and oxygen atoms in total. The van der Waals surface area contributed by atoms with E-state index in [0.717, 1.165) is 13.1 Å². The van der Waals surface area contributed by atoms with E-state index in [2.05, 4.69) is 9.89 Å². The fourth-order valence-corrected chi connectivity index (χ4v) is 1.44. The van der Waals surface area contributed by atoms with Gasteiger partial charge in [0.1, 0.15) is 0 Å². The van der Waals surface area contributed by atoms with E-state index in [-0.39, 0.29) is 0 Å². The molecule has 0 spiro atoms. The van der Waals surface area contributed by atoms with Crippen LogP contribution in [-0.2, 0) is 10.4 Å². The summed E-state index contributed by atoms with van der Waals surface area (Å²) in [6, 6.07) is 0. The van der Waals surface area contributed by atoms with Gasteiger partial charge in [0.2, 0.25) is 0 Å². The molecule has 1 aliphatic heterocycles. The number of nitrogens with two attached hydrogens (primary N) is 1. The van der Waals surface area contributed by atoms with E-state index in [0.29, 0.717) is 5.96 Å². The SMILES string of the molecule is C/N=C(\N)N1CCCCCC1.O=S(=O)(O)O.